The number of nitrogens with zero attached hydrogens (tertiary/aromatic N) is 1. The van der Waals surface area contributed by atoms with Crippen molar-refractivity contribution in [1.82, 2.24) is 10.2 Å². The van der Waals surface area contributed by atoms with Gasteiger partial charge in [-0.15, -0.1) is 0 Å². The average molecular weight is 289 g/mol. The molecule has 21 heavy (non-hydrogen) atoms. The van der Waals surface area contributed by atoms with E-state index in [2.05, 4.69) is 5.32 Å². The van der Waals surface area contributed by atoms with Crippen LogP contribution in [0.2, 0.25) is 0 Å². The van der Waals surface area contributed by atoms with Gasteiger partial charge in [0, 0.05) is 26.1 Å². The van der Waals surface area contributed by atoms with Crippen LogP contribution in [-0.2, 0) is 16.1 Å². The topological polar surface area (TPSA) is 75.4 Å². The van der Waals surface area contributed by atoms with E-state index in [1.54, 1.807) is 4.90 Å². The zero-order valence-corrected chi connectivity index (χ0v) is 12.3. The van der Waals surface area contributed by atoms with E-state index in [4.69, 9.17) is 5.73 Å². The van der Waals surface area contributed by atoms with Crippen LogP contribution < -0.4 is 11.1 Å². The number of likely N-dealkylation sites (tertiary alicyclic amines) is 1. The third kappa shape index (κ3) is 4.56. The highest BCUT2D eigenvalue weighted by Gasteiger charge is 2.33. The first-order chi connectivity index (χ1) is 10.2. The van der Waals surface area contributed by atoms with Crippen LogP contribution in [0.4, 0.5) is 0 Å². The van der Waals surface area contributed by atoms with Gasteiger partial charge in [0.05, 0.1) is 5.92 Å². The van der Waals surface area contributed by atoms with E-state index in [1.807, 2.05) is 30.3 Å². The first kappa shape index (κ1) is 15.5. The molecule has 1 unspecified atom stereocenters. The Balaban J connectivity index is 1.80. The highest BCUT2D eigenvalue weighted by molar-refractivity contribution is 5.89. The Morgan fingerprint density at radius 3 is 2.76 bits per heavy atom. The van der Waals surface area contributed by atoms with E-state index >= 15 is 0 Å². The second kappa shape index (κ2) is 7.78. The number of amides is 2. The second-order valence-corrected chi connectivity index (χ2v) is 5.45. The van der Waals surface area contributed by atoms with Gasteiger partial charge in [0.2, 0.25) is 11.8 Å². The van der Waals surface area contributed by atoms with Crippen molar-refractivity contribution >= 4 is 11.8 Å². The van der Waals surface area contributed by atoms with E-state index in [0.29, 0.717) is 32.6 Å². The highest BCUT2D eigenvalue weighted by Crippen LogP contribution is 2.20. The number of carbonyl (C=O) groups is 2. The lowest BCUT2D eigenvalue weighted by Crippen LogP contribution is -2.33. The van der Waals surface area contributed by atoms with Gasteiger partial charge >= 0.3 is 0 Å². The summed E-state index contributed by atoms with van der Waals surface area (Å²) in [5, 5.41) is 2.89. The van der Waals surface area contributed by atoms with Gasteiger partial charge in [-0.3, -0.25) is 9.59 Å². The summed E-state index contributed by atoms with van der Waals surface area (Å²) in [5.74, 6) is -0.184. The molecule has 0 spiro atoms. The maximum Gasteiger partial charge on any atom is 0.225 e. The molecular formula is C16H23N3O2. The van der Waals surface area contributed by atoms with Crippen LogP contribution in [0.5, 0.6) is 0 Å². The second-order valence-electron chi connectivity index (χ2n) is 5.45. The van der Waals surface area contributed by atoms with E-state index in [0.717, 1.165) is 18.4 Å². The summed E-state index contributed by atoms with van der Waals surface area (Å²) in [4.78, 5) is 25.8. The van der Waals surface area contributed by atoms with Gasteiger partial charge in [0.1, 0.15) is 0 Å². The molecule has 5 nitrogen and oxygen atoms in total. The SMILES string of the molecule is NCCCCNC(=O)C1CC(=O)N(Cc2ccccc2)C1. The van der Waals surface area contributed by atoms with Crippen LogP contribution >= 0.6 is 0 Å². The minimum Gasteiger partial charge on any atom is -0.356 e. The van der Waals surface area contributed by atoms with Crippen molar-refractivity contribution in [1.29, 1.82) is 0 Å². The number of hydrogen-bond donors (Lipinski definition) is 2. The van der Waals surface area contributed by atoms with Crippen LogP contribution in [0.3, 0.4) is 0 Å². The van der Waals surface area contributed by atoms with Crippen LogP contribution in [0.15, 0.2) is 30.3 Å². The molecule has 1 aliphatic rings. The largest absolute Gasteiger partial charge is 0.356 e. The van der Waals surface area contributed by atoms with Crippen LogP contribution in [0.1, 0.15) is 24.8 Å². The third-order valence-electron chi connectivity index (χ3n) is 3.73. The van der Waals surface area contributed by atoms with Crippen molar-refractivity contribution < 1.29 is 9.59 Å². The lowest BCUT2D eigenvalue weighted by Gasteiger charge is -2.16. The van der Waals surface area contributed by atoms with Crippen molar-refractivity contribution in [2.24, 2.45) is 11.7 Å². The molecule has 1 aromatic rings. The maximum atomic E-state index is 12.0. The first-order valence-corrected chi connectivity index (χ1v) is 7.50. The van der Waals surface area contributed by atoms with Gasteiger partial charge in [-0.05, 0) is 24.9 Å². The van der Waals surface area contributed by atoms with Gasteiger partial charge in [0.25, 0.3) is 0 Å². The Morgan fingerprint density at radius 1 is 1.29 bits per heavy atom. The monoisotopic (exact) mass is 289 g/mol. The fraction of sp³-hybridized carbons (Fsp3) is 0.500. The van der Waals surface area contributed by atoms with E-state index < -0.39 is 0 Å². The number of unbranched alkanes of at least 4 members (excludes halogenated alkanes) is 1. The van der Waals surface area contributed by atoms with E-state index in [9.17, 15) is 9.59 Å². The molecule has 0 aromatic heterocycles. The number of hydrogen-bond acceptors (Lipinski definition) is 3. The smallest absolute Gasteiger partial charge is 0.225 e. The Labute approximate surface area is 125 Å². The maximum absolute atomic E-state index is 12.0. The summed E-state index contributed by atoms with van der Waals surface area (Å²) >= 11 is 0. The molecule has 3 N–H and O–H groups in total. The normalized spacial score (nSPS) is 18.0. The van der Waals surface area contributed by atoms with Crippen LogP contribution in [-0.4, -0.2) is 36.3 Å². The molecule has 1 heterocycles. The summed E-state index contributed by atoms with van der Waals surface area (Å²) in [7, 11) is 0. The number of nitrogens with two attached hydrogens (primary N) is 1. The first-order valence-electron chi connectivity index (χ1n) is 7.50. The zero-order valence-electron chi connectivity index (χ0n) is 12.3. The van der Waals surface area contributed by atoms with Crippen molar-refractivity contribution in [2.75, 3.05) is 19.6 Å². The summed E-state index contributed by atoms with van der Waals surface area (Å²) in [6.07, 6.45) is 2.11. The van der Waals surface area contributed by atoms with Gasteiger partial charge in [-0.25, -0.2) is 0 Å². The van der Waals surface area contributed by atoms with Crippen molar-refractivity contribution in [2.45, 2.75) is 25.8 Å². The Hall–Kier alpha value is -1.88. The molecule has 0 saturated carbocycles. The van der Waals surface area contributed by atoms with E-state index in [-0.39, 0.29) is 17.7 Å². The van der Waals surface area contributed by atoms with Gasteiger partial charge in [-0.2, -0.15) is 0 Å². The van der Waals surface area contributed by atoms with Crippen LogP contribution in [0, 0.1) is 5.92 Å². The van der Waals surface area contributed by atoms with Crippen molar-refractivity contribution in [3.8, 4) is 0 Å². The predicted molar refractivity (Wildman–Crippen MR) is 81.3 cm³/mol. The molecule has 0 aliphatic carbocycles. The molecule has 1 saturated heterocycles. The number of benzene rings is 1. The minimum absolute atomic E-state index is 0.0177. The summed E-state index contributed by atoms with van der Waals surface area (Å²) in [6, 6.07) is 9.85. The predicted octanol–water partition coefficient (Wildman–Crippen LogP) is 0.890. The molecule has 0 bridgehead atoms. The third-order valence-corrected chi connectivity index (χ3v) is 3.73. The number of carbonyl (C=O) groups excluding carboxylic acids is 2. The van der Waals surface area contributed by atoms with Gasteiger partial charge < -0.3 is 16.0 Å². The molecule has 0 radical (unpaired) electrons. The molecule has 1 fully saturated rings. The highest BCUT2D eigenvalue weighted by atomic mass is 16.2. The Kier molecular flexibility index (Phi) is 5.75. The van der Waals surface area contributed by atoms with E-state index in [1.165, 1.54) is 0 Å². The molecule has 2 rings (SSSR count). The van der Waals surface area contributed by atoms with Gasteiger partial charge in [0.15, 0.2) is 0 Å². The molecule has 1 atom stereocenters. The summed E-state index contributed by atoms with van der Waals surface area (Å²) in [6.45, 7) is 2.37. The lowest BCUT2D eigenvalue weighted by molar-refractivity contribution is -0.129. The number of rotatable bonds is 7. The minimum atomic E-state index is -0.223. The molecule has 1 aromatic carbocycles. The molecular weight excluding hydrogens is 266 g/mol. The average Bonchev–Trinajstić information content (AvgIpc) is 2.86. The molecule has 1 aliphatic heterocycles. The van der Waals surface area contributed by atoms with Crippen molar-refractivity contribution in [3.63, 3.8) is 0 Å². The standard InChI is InChI=1S/C16H23N3O2/c17-8-4-5-9-18-16(21)14-10-15(20)19(12-14)11-13-6-2-1-3-7-13/h1-3,6-7,14H,4-5,8-12,17H2,(H,18,21). The lowest BCUT2D eigenvalue weighted by atomic mass is 10.1. The Bertz CT molecular complexity index is 476. The summed E-state index contributed by atoms with van der Waals surface area (Å²) in [5.41, 5.74) is 6.51. The molecule has 114 valence electrons. The molecule has 2 amide bonds. The summed E-state index contributed by atoms with van der Waals surface area (Å²) < 4.78 is 0. The van der Waals surface area contributed by atoms with Crippen LogP contribution in [0.25, 0.3) is 0 Å². The van der Waals surface area contributed by atoms with Crippen molar-refractivity contribution in [3.05, 3.63) is 35.9 Å². The fourth-order valence-electron chi connectivity index (χ4n) is 2.53. The fourth-order valence-corrected chi connectivity index (χ4v) is 2.53. The number of nitrogens with one attached hydrogen (secondary N) is 1. The molecule has 5 heteroatoms. The zero-order chi connectivity index (χ0) is 15.1. The van der Waals surface area contributed by atoms with Gasteiger partial charge in [-0.1, -0.05) is 30.3 Å². The Morgan fingerprint density at radius 2 is 2.05 bits per heavy atom. The quantitative estimate of drug-likeness (QED) is 0.732.